The summed E-state index contributed by atoms with van der Waals surface area (Å²) in [5.74, 6) is -1.00. The summed E-state index contributed by atoms with van der Waals surface area (Å²) in [6.07, 6.45) is 9.74. The second kappa shape index (κ2) is 8.40. The molecule has 1 unspecified atom stereocenters. The van der Waals surface area contributed by atoms with Gasteiger partial charge in [-0.3, -0.25) is 14.7 Å². The molecule has 7 nitrogen and oxygen atoms in total. The van der Waals surface area contributed by atoms with E-state index in [9.17, 15) is 4.79 Å². The summed E-state index contributed by atoms with van der Waals surface area (Å²) >= 11 is 0. The minimum absolute atomic E-state index is 0.287. The molecule has 1 saturated heterocycles. The van der Waals surface area contributed by atoms with Crippen molar-refractivity contribution >= 4 is 5.97 Å². The molecule has 0 radical (unpaired) electrons. The van der Waals surface area contributed by atoms with Crippen LogP contribution in [0, 0.1) is 0 Å². The number of hydrogen-bond acceptors (Lipinski definition) is 5. The van der Waals surface area contributed by atoms with Crippen LogP contribution >= 0.6 is 0 Å². The van der Waals surface area contributed by atoms with Crippen molar-refractivity contribution < 1.29 is 9.90 Å². The van der Waals surface area contributed by atoms with E-state index in [1.165, 1.54) is 31.3 Å². The summed E-state index contributed by atoms with van der Waals surface area (Å²) in [6.45, 7) is 1.22. The largest absolute Gasteiger partial charge is 0.480 e. The van der Waals surface area contributed by atoms with Gasteiger partial charge in [-0.05, 0) is 38.1 Å². The highest BCUT2D eigenvalue weighted by Gasteiger charge is 2.21. The third-order valence-corrected chi connectivity index (χ3v) is 3.90. The Morgan fingerprint density at radius 3 is 2.87 bits per heavy atom. The lowest BCUT2D eigenvalue weighted by molar-refractivity contribution is -0.138. The van der Waals surface area contributed by atoms with Crippen molar-refractivity contribution in [3.8, 4) is 0 Å². The first-order valence-corrected chi connectivity index (χ1v) is 7.63. The highest BCUT2D eigenvalue weighted by atomic mass is 16.4. The quantitative estimate of drug-likeness (QED) is 0.782. The molecule has 0 aromatic carbocycles. The second-order valence-electron chi connectivity index (χ2n) is 5.65. The number of pyridine rings is 1. The zero-order valence-electron chi connectivity index (χ0n) is 13.2. The van der Waals surface area contributed by atoms with Crippen molar-refractivity contribution in [1.29, 1.82) is 0 Å². The van der Waals surface area contributed by atoms with Gasteiger partial charge in [-0.15, -0.1) is 0 Å². The summed E-state index contributed by atoms with van der Waals surface area (Å²) in [6, 6.07) is 3.94. The molecule has 7 heteroatoms. The average Bonchev–Trinajstić information content (AvgIpc) is 3.20. The Labute approximate surface area is 135 Å². The molecule has 1 aliphatic rings. The normalized spacial score (nSPS) is 19.0. The molecule has 1 fully saturated rings. The molecular formula is C16H23N5O2. The Bertz CT molecular complexity index is 588. The van der Waals surface area contributed by atoms with Crippen LogP contribution in [0.2, 0.25) is 0 Å². The third-order valence-electron chi connectivity index (χ3n) is 3.90. The Kier molecular flexibility index (Phi) is 6.25. The number of aromatic nitrogens is 3. The van der Waals surface area contributed by atoms with E-state index in [0.29, 0.717) is 6.04 Å². The van der Waals surface area contributed by atoms with Gasteiger partial charge in [0.15, 0.2) is 0 Å². The molecule has 0 saturated carbocycles. The number of carboxylic acids is 1. The van der Waals surface area contributed by atoms with Crippen LogP contribution in [0.4, 0.5) is 0 Å². The number of nitrogens with one attached hydrogen (secondary N) is 1. The standard InChI is InChI=1S/C10H14N2.C6H9N3O2/c1-12-7-3-5-10(12)9-4-2-6-11-8-9;7-5(6(10)11)1-4-2-8-3-9-4/h2,4,6,8,10H,3,5,7H2,1H3;2-3,5H,1,7H2,(H,8,9)(H,10,11)/t;5-/m.0/s1. The monoisotopic (exact) mass is 317 g/mol. The summed E-state index contributed by atoms with van der Waals surface area (Å²) in [5.41, 5.74) is 7.36. The molecule has 4 N–H and O–H groups in total. The zero-order valence-corrected chi connectivity index (χ0v) is 13.2. The summed E-state index contributed by atoms with van der Waals surface area (Å²) in [7, 11) is 2.19. The fourth-order valence-corrected chi connectivity index (χ4v) is 2.63. The summed E-state index contributed by atoms with van der Waals surface area (Å²) in [5, 5.41) is 8.42. The van der Waals surface area contributed by atoms with Gasteiger partial charge >= 0.3 is 5.97 Å². The van der Waals surface area contributed by atoms with Crippen molar-refractivity contribution in [3.63, 3.8) is 0 Å². The number of rotatable bonds is 4. The van der Waals surface area contributed by atoms with Crippen molar-refractivity contribution in [3.05, 3.63) is 48.3 Å². The van der Waals surface area contributed by atoms with E-state index in [-0.39, 0.29) is 6.42 Å². The molecule has 2 aromatic heterocycles. The number of carbonyl (C=O) groups is 1. The Morgan fingerprint density at radius 2 is 2.35 bits per heavy atom. The minimum atomic E-state index is -1.00. The van der Waals surface area contributed by atoms with Crippen LogP contribution in [0.5, 0.6) is 0 Å². The highest BCUT2D eigenvalue weighted by molar-refractivity contribution is 5.73. The molecule has 0 spiro atoms. The van der Waals surface area contributed by atoms with Crippen LogP contribution in [0.15, 0.2) is 37.1 Å². The van der Waals surface area contributed by atoms with Crippen LogP contribution in [0.25, 0.3) is 0 Å². The lowest BCUT2D eigenvalue weighted by Gasteiger charge is -2.18. The number of H-pyrrole nitrogens is 1. The van der Waals surface area contributed by atoms with Crippen LogP contribution in [0.1, 0.15) is 30.1 Å². The molecule has 3 heterocycles. The first-order chi connectivity index (χ1) is 11.1. The molecule has 124 valence electrons. The number of carboxylic acid groups (broad SMARTS) is 1. The average molecular weight is 317 g/mol. The molecule has 0 bridgehead atoms. The third kappa shape index (κ3) is 5.15. The van der Waals surface area contributed by atoms with Crippen molar-refractivity contribution in [2.45, 2.75) is 31.3 Å². The highest BCUT2D eigenvalue weighted by Crippen LogP contribution is 2.29. The number of nitrogens with two attached hydrogens (primary N) is 1. The van der Waals surface area contributed by atoms with Crippen LogP contribution in [0.3, 0.4) is 0 Å². The number of aromatic amines is 1. The van der Waals surface area contributed by atoms with Gasteiger partial charge in [0.1, 0.15) is 6.04 Å². The van der Waals surface area contributed by atoms with E-state index in [4.69, 9.17) is 10.8 Å². The smallest absolute Gasteiger partial charge is 0.320 e. The van der Waals surface area contributed by atoms with Crippen LogP contribution in [-0.4, -0.2) is 50.6 Å². The molecular weight excluding hydrogens is 294 g/mol. The van der Waals surface area contributed by atoms with Gasteiger partial charge in [-0.2, -0.15) is 0 Å². The first-order valence-electron chi connectivity index (χ1n) is 7.63. The van der Waals surface area contributed by atoms with Gasteiger partial charge in [-0.25, -0.2) is 4.98 Å². The van der Waals surface area contributed by atoms with Gasteiger partial charge in [-0.1, -0.05) is 6.07 Å². The van der Waals surface area contributed by atoms with Crippen LogP contribution < -0.4 is 5.73 Å². The maximum atomic E-state index is 10.3. The predicted molar refractivity (Wildman–Crippen MR) is 86.7 cm³/mol. The maximum absolute atomic E-state index is 10.3. The summed E-state index contributed by atoms with van der Waals surface area (Å²) < 4.78 is 0. The van der Waals surface area contributed by atoms with Crippen molar-refractivity contribution in [2.24, 2.45) is 5.73 Å². The molecule has 23 heavy (non-hydrogen) atoms. The zero-order chi connectivity index (χ0) is 16.7. The Balaban J connectivity index is 0.000000168. The molecule has 1 aliphatic heterocycles. The van der Waals surface area contributed by atoms with Gasteiger partial charge in [0.2, 0.25) is 0 Å². The van der Waals surface area contributed by atoms with Gasteiger partial charge < -0.3 is 15.8 Å². The van der Waals surface area contributed by atoms with Crippen LogP contribution in [-0.2, 0) is 11.2 Å². The number of nitrogens with zero attached hydrogens (tertiary/aromatic N) is 3. The fourth-order valence-electron chi connectivity index (χ4n) is 2.63. The predicted octanol–water partition coefficient (Wildman–Crippen LogP) is 1.21. The van der Waals surface area contributed by atoms with E-state index in [2.05, 4.69) is 33.0 Å². The van der Waals surface area contributed by atoms with Crippen molar-refractivity contribution in [1.82, 2.24) is 19.9 Å². The number of aliphatic carboxylic acids is 1. The summed E-state index contributed by atoms with van der Waals surface area (Å²) in [4.78, 5) is 23.3. The van der Waals surface area contributed by atoms with E-state index >= 15 is 0 Å². The molecule has 0 amide bonds. The second-order valence-corrected chi connectivity index (χ2v) is 5.65. The molecule has 2 aromatic rings. The van der Waals surface area contributed by atoms with Gasteiger partial charge in [0.05, 0.1) is 6.33 Å². The number of likely N-dealkylation sites (tertiary alicyclic amines) is 1. The molecule has 0 aliphatic carbocycles. The van der Waals surface area contributed by atoms with Gasteiger partial charge in [0, 0.05) is 36.7 Å². The maximum Gasteiger partial charge on any atom is 0.320 e. The topological polar surface area (TPSA) is 108 Å². The Hall–Kier alpha value is -2.25. The lowest BCUT2D eigenvalue weighted by Crippen LogP contribution is -2.32. The van der Waals surface area contributed by atoms with Crippen molar-refractivity contribution in [2.75, 3.05) is 13.6 Å². The van der Waals surface area contributed by atoms with E-state index in [0.717, 1.165) is 5.69 Å². The molecule has 2 atom stereocenters. The van der Waals surface area contributed by atoms with Gasteiger partial charge in [0.25, 0.3) is 0 Å². The lowest BCUT2D eigenvalue weighted by atomic mass is 10.1. The number of hydrogen-bond donors (Lipinski definition) is 3. The fraction of sp³-hybridized carbons (Fsp3) is 0.438. The Morgan fingerprint density at radius 1 is 1.52 bits per heavy atom. The number of imidazole rings is 1. The van der Waals surface area contributed by atoms with E-state index in [1.54, 1.807) is 6.20 Å². The molecule has 3 rings (SSSR count). The SMILES string of the molecule is CN1CCCC1c1cccnc1.N[C@@H](Cc1cnc[nH]1)C(=O)O. The first kappa shape index (κ1) is 17.1. The minimum Gasteiger partial charge on any atom is -0.480 e. The van der Waals surface area contributed by atoms with E-state index < -0.39 is 12.0 Å². The van der Waals surface area contributed by atoms with E-state index in [1.807, 2.05) is 18.5 Å².